The van der Waals surface area contributed by atoms with Gasteiger partial charge in [-0.3, -0.25) is 14.4 Å². The van der Waals surface area contributed by atoms with Gasteiger partial charge in [-0.1, -0.05) is 26.3 Å². The summed E-state index contributed by atoms with van der Waals surface area (Å²) in [5.74, 6) is -2.17. The van der Waals surface area contributed by atoms with Crippen molar-refractivity contribution in [2.75, 3.05) is 32.8 Å². The van der Waals surface area contributed by atoms with Crippen LogP contribution in [-0.2, 0) is 23.9 Å². The molecule has 1 N–H and O–H groups in total. The molecular formula is C25H40N2O6. The number of likely N-dealkylation sites (tertiary alicyclic amines) is 1. The van der Waals surface area contributed by atoms with Crippen LogP contribution in [0.2, 0.25) is 0 Å². The lowest BCUT2D eigenvalue weighted by atomic mass is 9.65. The highest BCUT2D eigenvalue weighted by Crippen LogP contribution is 2.64. The van der Waals surface area contributed by atoms with Gasteiger partial charge in [-0.25, -0.2) is 0 Å². The van der Waals surface area contributed by atoms with Gasteiger partial charge in [0.15, 0.2) is 0 Å². The molecule has 3 fully saturated rings. The van der Waals surface area contributed by atoms with E-state index in [1.165, 1.54) is 0 Å². The molecule has 3 heterocycles. The van der Waals surface area contributed by atoms with E-state index in [0.29, 0.717) is 51.7 Å². The van der Waals surface area contributed by atoms with E-state index in [1.54, 1.807) is 22.8 Å². The monoisotopic (exact) mass is 464 g/mol. The molecule has 0 aromatic carbocycles. The molecule has 2 bridgehead atoms. The second-order valence-electron chi connectivity index (χ2n) is 9.47. The molecular weight excluding hydrogens is 424 g/mol. The molecule has 3 aliphatic rings. The molecule has 1 spiro atoms. The number of hydrogen-bond acceptors (Lipinski definition) is 6. The van der Waals surface area contributed by atoms with Gasteiger partial charge in [0.2, 0.25) is 11.8 Å². The van der Waals surface area contributed by atoms with Crippen LogP contribution in [0.3, 0.4) is 0 Å². The fourth-order valence-corrected chi connectivity index (χ4v) is 6.19. The first-order valence-corrected chi connectivity index (χ1v) is 12.5. The van der Waals surface area contributed by atoms with Gasteiger partial charge in [0.1, 0.15) is 17.6 Å². The van der Waals surface area contributed by atoms with Crippen molar-refractivity contribution < 1.29 is 29.0 Å². The van der Waals surface area contributed by atoms with Crippen LogP contribution in [0, 0.1) is 11.8 Å². The standard InChI is InChI=1S/C25H40N2O6/c1-5-9-15-26(14-6-2)22(30)20-25-13-12-24(7-3,33-25)19(23(31)32-8-4)18(25)21(29)27(20)16-10-11-17-28/h6,18-20,28H,2,5,7-17H2,1,3-4H3/t18-,19+,20?,24-,25?/m0/s1. The molecule has 3 rings (SSSR count). The van der Waals surface area contributed by atoms with Crippen molar-refractivity contribution in [3.63, 3.8) is 0 Å². The van der Waals surface area contributed by atoms with Crippen molar-refractivity contribution in [3.05, 3.63) is 12.7 Å². The Bertz CT molecular complexity index is 757. The number of rotatable bonds is 13. The minimum absolute atomic E-state index is 0.0230. The maximum Gasteiger partial charge on any atom is 0.312 e. The lowest BCUT2D eigenvalue weighted by Gasteiger charge is -2.37. The van der Waals surface area contributed by atoms with Crippen molar-refractivity contribution in [2.45, 2.75) is 83.0 Å². The van der Waals surface area contributed by atoms with Gasteiger partial charge in [0.05, 0.1) is 18.1 Å². The molecule has 0 saturated carbocycles. The van der Waals surface area contributed by atoms with Crippen molar-refractivity contribution in [3.8, 4) is 0 Å². The number of amides is 2. The quantitative estimate of drug-likeness (QED) is 0.255. The zero-order valence-electron chi connectivity index (χ0n) is 20.4. The maximum absolute atomic E-state index is 14.0. The number of aliphatic hydroxyl groups is 1. The van der Waals surface area contributed by atoms with Crippen molar-refractivity contribution in [1.82, 2.24) is 9.80 Å². The Hall–Kier alpha value is -1.93. The molecule has 2 amide bonds. The summed E-state index contributed by atoms with van der Waals surface area (Å²) in [5, 5.41) is 9.27. The summed E-state index contributed by atoms with van der Waals surface area (Å²) in [6.07, 6.45) is 6.39. The average molecular weight is 465 g/mol. The summed E-state index contributed by atoms with van der Waals surface area (Å²) in [6.45, 7) is 11.2. The smallest absolute Gasteiger partial charge is 0.312 e. The summed E-state index contributed by atoms with van der Waals surface area (Å²) >= 11 is 0. The highest BCUT2D eigenvalue weighted by atomic mass is 16.6. The Balaban J connectivity index is 2.04. The van der Waals surface area contributed by atoms with Crippen molar-refractivity contribution in [1.29, 1.82) is 0 Å². The minimum atomic E-state index is -1.02. The van der Waals surface area contributed by atoms with Crippen LogP contribution in [0.4, 0.5) is 0 Å². The van der Waals surface area contributed by atoms with E-state index in [2.05, 4.69) is 13.5 Å². The number of fused-ring (bicyclic) bond motifs is 1. The number of unbranched alkanes of at least 4 members (excludes halogenated alkanes) is 2. The molecule has 186 valence electrons. The second-order valence-corrected chi connectivity index (χ2v) is 9.47. The molecule has 0 aromatic rings. The predicted octanol–water partition coefficient (Wildman–Crippen LogP) is 2.29. The molecule has 3 aliphatic heterocycles. The van der Waals surface area contributed by atoms with E-state index in [1.807, 2.05) is 6.92 Å². The third kappa shape index (κ3) is 4.20. The average Bonchev–Trinajstić information content (AvgIpc) is 3.40. The summed E-state index contributed by atoms with van der Waals surface area (Å²) < 4.78 is 12.1. The number of ether oxygens (including phenoxy) is 2. The number of carbonyl (C=O) groups excluding carboxylic acids is 3. The number of carbonyl (C=O) groups is 3. The molecule has 33 heavy (non-hydrogen) atoms. The van der Waals surface area contributed by atoms with Crippen molar-refractivity contribution in [2.24, 2.45) is 11.8 Å². The van der Waals surface area contributed by atoms with Crippen molar-refractivity contribution >= 4 is 17.8 Å². The van der Waals surface area contributed by atoms with E-state index in [0.717, 1.165) is 12.8 Å². The van der Waals surface area contributed by atoms with E-state index in [-0.39, 0.29) is 25.0 Å². The third-order valence-corrected chi connectivity index (χ3v) is 7.71. The minimum Gasteiger partial charge on any atom is -0.466 e. The summed E-state index contributed by atoms with van der Waals surface area (Å²) in [5.41, 5.74) is -1.79. The number of hydrogen-bond donors (Lipinski definition) is 1. The highest BCUT2D eigenvalue weighted by molar-refractivity contribution is 5.98. The molecule has 5 atom stereocenters. The Morgan fingerprint density at radius 2 is 2.03 bits per heavy atom. The molecule has 3 saturated heterocycles. The van der Waals surface area contributed by atoms with Gasteiger partial charge in [-0.15, -0.1) is 6.58 Å². The molecule has 2 unspecified atom stereocenters. The molecule has 8 heteroatoms. The lowest BCUT2D eigenvalue weighted by molar-refractivity contribution is -0.161. The van der Waals surface area contributed by atoms with Gasteiger partial charge >= 0.3 is 5.97 Å². The molecule has 0 aromatic heterocycles. The fraction of sp³-hybridized carbons (Fsp3) is 0.800. The number of esters is 1. The van der Waals surface area contributed by atoms with Crippen LogP contribution >= 0.6 is 0 Å². The van der Waals surface area contributed by atoms with E-state index >= 15 is 0 Å². The molecule has 0 aliphatic carbocycles. The second kappa shape index (κ2) is 10.6. The van der Waals surface area contributed by atoms with Crippen LogP contribution in [-0.4, -0.2) is 82.8 Å². The zero-order valence-corrected chi connectivity index (χ0v) is 20.4. The topological polar surface area (TPSA) is 96.4 Å². The molecule has 8 nitrogen and oxygen atoms in total. The largest absolute Gasteiger partial charge is 0.466 e. The SMILES string of the molecule is C=CCN(CCCC)C(=O)C1N(CCCCO)C(=O)[C@@H]2[C@H](C(=O)OCC)[C@]3(CC)CCC12O3. The first kappa shape index (κ1) is 25.7. The summed E-state index contributed by atoms with van der Waals surface area (Å²) in [4.78, 5) is 44.3. The van der Waals surface area contributed by atoms with Gasteiger partial charge in [0.25, 0.3) is 0 Å². The highest BCUT2D eigenvalue weighted by Gasteiger charge is 2.79. The van der Waals surface area contributed by atoms with Gasteiger partial charge in [-0.2, -0.15) is 0 Å². The number of aliphatic hydroxyl groups excluding tert-OH is 1. The van der Waals surface area contributed by atoms with Gasteiger partial charge in [-0.05, 0) is 45.4 Å². The molecule has 0 radical (unpaired) electrons. The Morgan fingerprint density at radius 3 is 2.64 bits per heavy atom. The van der Waals surface area contributed by atoms with E-state index in [9.17, 15) is 19.5 Å². The maximum atomic E-state index is 14.0. The van der Waals surface area contributed by atoms with E-state index < -0.39 is 35.0 Å². The van der Waals surface area contributed by atoms with E-state index in [4.69, 9.17) is 9.47 Å². The third-order valence-electron chi connectivity index (χ3n) is 7.71. The van der Waals surface area contributed by atoms with Crippen LogP contribution in [0.1, 0.15) is 65.7 Å². The van der Waals surface area contributed by atoms with Gasteiger partial charge in [0, 0.05) is 26.2 Å². The zero-order chi connectivity index (χ0) is 24.2. The Kier molecular flexibility index (Phi) is 8.22. The Labute approximate surface area is 197 Å². The van der Waals surface area contributed by atoms with Crippen LogP contribution in [0.15, 0.2) is 12.7 Å². The predicted molar refractivity (Wildman–Crippen MR) is 123 cm³/mol. The Morgan fingerprint density at radius 1 is 1.27 bits per heavy atom. The first-order chi connectivity index (χ1) is 15.9. The summed E-state index contributed by atoms with van der Waals surface area (Å²) in [6, 6.07) is -0.779. The van der Waals surface area contributed by atoms with Crippen LogP contribution < -0.4 is 0 Å². The fourth-order valence-electron chi connectivity index (χ4n) is 6.19. The van der Waals surface area contributed by atoms with Gasteiger partial charge < -0.3 is 24.4 Å². The number of nitrogens with zero attached hydrogens (tertiary/aromatic N) is 2. The van der Waals surface area contributed by atoms with Crippen LogP contribution in [0.5, 0.6) is 0 Å². The lowest BCUT2D eigenvalue weighted by Crippen LogP contribution is -2.56. The normalized spacial score (nSPS) is 32.2. The van der Waals surface area contributed by atoms with Crippen LogP contribution in [0.25, 0.3) is 0 Å². The summed E-state index contributed by atoms with van der Waals surface area (Å²) in [7, 11) is 0. The first-order valence-electron chi connectivity index (χ1n) is 12.5.